The highest BCUT2D eigenvalue weighted by molar-refractivity contribution is 5.75. The fourth-order valence-corrected chi connectivity index (χ4v) is 5.92. The van der Waals surface area contributed by atoms with Crippen molar-refractivity contribution >= 4 is 5.97 Å². The lowest BCUT2D eigenvalue weighted by molar-refractivity contribution is -0.164. The van der Waals surface area contributed by atoms with E-state index in [0.29, 0.717) is 5.92 Å². The Morgan fingerprint density at radius 3 is 2.54 bits per heavy atom. The van der Waals surface area contributed by atoms with E-state index in [-0.39, 0.29) is 22.5 Å². The lowest BCUT2D eigenvalue weighted by atomic mass is 9.46. The van der Waals surface area contributed by atoms with Crippen molar-refractivity contribution in [1.29, 1.82) is 0 Å². The number of fused-ring (bicyclic) bond motifs is 1. The molecule has 0 spiro atoms. The number of ether oxygens (including phenoxy) is 1. The van der Waals surface area contributed by atoms with Crippen LogP contribution in [0.5, 0.6) is 0 Å². The van der Waals surface area contributed by atoms with E-state index in [0.717, 1.165) is 38.5 Å². The molecule has 6 unspecified atom stereocenters. The summed E-state index contributed by atoms with van der Waals surface area (Å²) in [7, 11) is 0. The van der Waals surface area contributed by atoms with Crippen LogP contribution in [0.2, 0.25) is 0 Å². The Balaban J connectivity index is 1.93. The van der Waals surface area contributed by atoms with Crippen LogP contribution in [-0.2, 0) is 9.53 Å². The summed E-state index contributed by atoms with van der Waals surface area (Å²) in [4.78, 5) is 12.0. The van der Waals surface area contributed by atoms with Gasteiger partial charge in [-0.1, -0.05) is 31.6 Å². The van der Waals surface area contributed by atoms with E-state index in [1.165, 1.54) is 5.57 Å². The molecule has 0 aromatic carbocycles. The predicted octanol–water partition coefficient (Wildman–Crippen LogP) is 4.97. The number of hydrogen-bond donors (Lipinski definition) is 1. The smallest absolute Gasteiger partial charge is 0.309 e. The van der Waals surface area contributed by atoms with Gasteiger partial charge in [-0.2, -0.15) is 0 Å². The number of hydrogen-bond acceptors (Lipinski definition) is 2. The molecule has 3 fully saturated rings. The summed E-state index contributed by atoms with van der Waals surface area (Å²) in [6.45, 7) is 16.8. The average Bonchev–Trinajstić information content (AvgIpc) is 3.05. The van der Waals surface area contributed by atoms with Gasteiger partial charge in [0, 0.05) is 0 Å². The van der Waals surface area contributed by atoms with Crippen molar-refractivity contribution in [1.82, 2.24) is 0 Å². The zero-order valence-electron chi connectivity index (χ0n) is 15.7. The van der Waals surface area contributed by atoms with Gasteiger partial charge in [0.05, 0.1) is 11.0 Å². The van der Waals surface area contributed by atoms with Crippen molar-refractivity contribution in [3.8, 4) is 0 Å². The summed E-state index contributed by atoms with van der Waals surface area (Å²) in [6, 6.07) is 0. The van der Waals surface area contributed by atoms with Crippen LogP contribution in [0.3, 0.4) is 0 Å². The lowest BCUT2D eigenvalue weighted by Crippen LogP contribution is -2.54. The lowest BCUT2D eigenvalue weighted by Gasteiger charge is -2.57. The summed E-state index contributed by atoms with van der Waals surface area (Å²) < 4.78 is 6.04. The minimum absolute atomic E-state index is 0.00222. The van der Waals surface area contributed by atoms with E-state index < -0.39 is 11.4 Å². The molecule has 0 aromatic heterocycles. The molecule has 24 heavy (non-hydrogen) atoms. The molecule has 0 amide bonds. The highest BCUT2D eigenvalue weighted by atomic mass is 16.6. The molecule has 1 saturated heterocycles. The van der Waals surface area contributed by atoms with Crippen molar-refractivity contribution in [2.45, 2.75) is 77.4 Å². The topological polar surface area (TPSA) is 49.8 Å². The predicted molar refractivity (Wildman–Crippen MR) is 95.8 cm³/mol. The van der Waals surface area contributed by atoms with Gasteiger partial charge in [0.25, 0.3) is 0 Å². The van der Waals surface area contributed by atoms with Gasteiger partial charge in [0.15, 0.2) is 0 Å². The molecule has 1 heterocycles. The Kier molecular flexibility index (Phi) is 3.84. The van der Waals surface area contributed by atoms with E-state index >= 15 is 0 Å². The summed E-state index contributed by atoms with van der Waals surface area (Å²) >= 11 is 0. The Bertz CT molecular complexity index is 596. The van der Waals surface area contributed by atoms with E-state index in [1.807, 2.05) is 13.0 Å². The minimum atomic E-state index is -0.630. The molecule has 0 aromatic rings. The summed E-state index contributed by atoms with van der Waals surface area (Å²) in [5.41, 5.74) is 0.203. The first-order chi connectivity index (χ1) is 11.0. The first kappa shape index (κ1) is 17.7. The van der Waals surface area contributed by atoms with Gasteiger partial charge >= 0.3 is 5.97 Å². The van der Waals surface area contributed by atoms with E-state index in [9.17, 15) is 9.90 Å². The SMILES string of the molecule is C=CC1(C)OC1(C)CC1C(=C)CCC2C(C)(C(=O)O)CCCC12C. The van der Waals surface area contributed by atoms with Crippen LogP contribution >= 0.6 is 0 Å². The molecule has 1 aliphatic heterocycles. The van der Waals surface area contributed by atoms with Gasteiger partial charge in [-0.05, 0) is 70.1 Å². The van der Waals surface area contributed by atoms with Crippen molar-refractivity contribution in [3.05, 3.63) is 24.8 Å². The number of rotatable bonds is 4. The van der Waals surface area contributed by atoms with Crippen LogP contribution in [0.15, 0.2) is 24.8 Å². The van der Waals surface area contributed by atoms with E-state index in [4.69, 9.17) is 4.74 Å². The maximum absolute atomic E-state index is 12.0. The third-order valence-corrected chi connectivity index (χ3v) is 7.94. The first-order valence-corrected chi connectivity index (χ1v) is 9.27. The quantitative estimate of drug-likeness (QED) is 0.584. The molecule has 2 saturated carbocycles. The molecule has 0 bridgehead atoms. The van der Waals surface area contributed by atoms with Crippen LogP contribution in [0, 0.1) is 22.7 Å². The highest BCUT2D eigenvalue weighted by Gasteiger charge is 2.65. The standard InChI is InChI=1S/C21H32O3/c1-7-20(5)21(6,24-20)13-15-14(2)9-10-16-18(15,3)11-8-12-19(16,4)17(22)23/h7,15-16H,1-2,8-13H2,3-6H3,(H,22,23). The number of allylic oxidation sites excluding steroid dienone is 1. The molecule has 0 radical (unpaired) electrons. The molecule has 134 valence electrons. The monoisotopic (exact) mass is 332 g/mol. The molecular weight excluding hydrogens is 300 g/mol. The van der Waals surface area contributed by atoms with Crippen LogP contribution in [0.1, 0.15) is 66.2 Å². The number of carboxylic acids is 1. The molecule has 6 atom stereocenters. The van der Waals surface area contributed by atoms with Crippen molar-refractivity contribution in [2.75, 3.05) is 0 Å². The zero-order chi connectivity index (χ0) is 18.0. The van der Waals surface area contributed by atoms with Gasteiger partial charge in [-0.25, -0.2) is 0 Å². The van der Waals surface area contributed by atoms with Crippen LogP contribution in [-0.4, -0.2) is 22.3 Å². The molecule has 3 nitrogen and oxygen atoms in total. The molecular formula is C21H32O3. The van der Waals surface area contributed by atoms with E-state index in [2.05, 4.69) is 33.9 Å². The van der Waals surface area contributed by atoms with Gasteiger partial charge in [-0.15, -0.1) is 6.58 Å². The molecule has 3 heteroatoms. The van der Waals surface area contributed by atoms with Crippen LogP contribution < -0.4 is 0 Å². The fourth-order valence-electron chi connectivity index (χ4n) is 5.92. The summed E-state index contributed by atoms with van der Waals surface area (Å²) in [5, 5.41) is 9.91. The Hall–Kier alpha value is -1.09. The fraction of sp³-hybridized carbons (Fsp3) is 0.762. The highest BCUT2D eigenvalue weighted by Crippen LogP contribution is 2.64. The first-order valence-electron chi connectivity index (χ1n) is 9.27. The number of carbonyl (C=O) groups is 1. The third-order valence-electron chi connectivity index (χ3n) is 7.94. The molecule has 2 aliphatic carbocycles. The number of carboxylic acid groups (broad SMARTS) is 1. The maximum atomic E-state index is 12.0. The Morgan fingerprint density at radius 1 is 1.33 bits per heavy atom. The van der Waals surface area contributed by atoms with E-state index in [1.54, 1.807) is 0 Å². The molecule has 3 rings (SSSR count). The second kappa shape index (κ2) is 5.20. The second-order valence-electron chi connectivity index (χ2n) is 9.23. The second-order valence-corrected chi connectivity index (χ2v) is 9.23. The van der Waals surface area contributed by atoms with Crippen LogP contribution in [0.25, 0.3) is 0 Å². The largest absolute Gasteiger partial charge is 0.481 e. The van der Waals surface area contributed by atoms with Gasteiger partial charge < -0.3 is 9.84 Å². The molecule has 1 N–H and O–H groups in total. The normalized spacial score (nSPS) is 50.9. The van der Waals surface area contributed by atoms with Crippen LogP contribution in [0.4, 0.5) is 0 Å². The van der Waals surface area contributed by atoms with Crippen molar-refractivity contribution < 1.29 is 14.6 Å². The average molecular weight is 332 g/mol. The summed E-state index contributed by atoms with van der Waals surface area (Å²) in [6.07, 6.45) is 7.57. The van der Waals surface area contributed by atoms with Gasteiger partial charge in [-0.3, -0.25) is 4.79 Å². The van der Waals surface area contributed by atoms with Gasteiger partial charge in [0.1, 0.15) is 5.60 Å². The van der Waals surface area contributed by atoms with Gasteiger partial charge in [0.2, 0.25) is 0 Å². The maximum Gasteiger partial charge on any atom is 0.309 e. The van der Waals surface area contributed by atoms with Crippen molar-refractivity contribution in [2.24, 2.45) is 22.7 Å². The number of aliphatic carboxylic acids is 1. The minimum Gasteiger partial charge on any atom is -0.481 e. The Morgan fingerprint density at radius 2 is 2.00 bits per heavy atom. The zero-order valence-corrected chi connectivity index (χ0v) is 15.7. The third kappa shape index (κ3) is 2.23. The van der Waals surface area contributed by atoms with Crippen molar-refractivity contribution in [3.63, 3.8) is 0 Å². The number of epoxide rings is 1. The Labute approximate surface area is 146 Å². The summed E-state index contributed by atoms with van der Waals surface area (Å²) in [5.74, 6) is -0.0967. The molecule has 3 aliphatic rings.